The van der Waals surface area contributed by atoms with Crippen molar-refractivity contribution in [2.75, 3.05) is 0 Å². The molecule has 0 spiro atoms. The molecular weight excluding hydrogens is 720 g/mol. The van der Waals surface area contributed by atoms with Crippen LogP contribution in [0, 0.1) is 0 Å². The van der Waals surface area contributed by atoms with E-state index in [1.165, 1.54) is 43.8 Å². The predicted octanol–water partition coefficient (Wildman–Crippen LogP) is 14.3. The lowest BCUT2D eigenvalue weighted by atomic mass is 9.79. The third-order valence-corrected chi connectivity index (χ3v) is 13.4. The summed E-state index contributed by atoms with van der Waals surface area (Å²) in [6, 6.07) is 48.9. The van der Waals surface area contributed by atoms with Gasteiger partial charge in [-0.05, 0) is 123 Å². The van der Waals surface area contributed by atoms with E-state index in [1.54, 1.807) is 0 Å². The van der Waals surface area contributed by atoms with Crippen LogP contribution in [0.4, 0.5) is 0 Å². The van der Waals surface area contributed by atoms with Crippen molar-refractivity contribution < 1.29 is 18.5 Å². The van der Waals surface area contributed by atoms with Crippen LogP contribution >= 0.6 is 7.82 Å². The number of rotatable bonds is 2. The molecule has 1 atom stereocenters. The summed E-state index contributed by atoms with van der Waals surface area (Å²) in [6.07, 6.45) is 8.60. The first-order valence-corrected chi connectivity index (χ1v) is 20.9. The number of hydrogen-bond donors (Lipinski definition) is 1. The molecule has 1 aliphatic heterocycles. The first kappa shape index (κ1) is 31.5. The van der Waals surface area contributed by atoms with Gasteiger partial charge in [-0.2, -0.15) is 0 Å². The molecule has 57 heavy (non-hydrogen) atoms. The van der Waals surface area contributed by atoms with Crippen LogP contribution in [0.25, 0.3) is 110 Å². The van der Waals surface area contributed by atoms with Gasteiger partial charge < -0.3 is 9.05 Å². The highest BCUT2D eigenvalue weighted by atomic mass is 31.2. The number of phosphoric acid groups is 1. The quantitative estimate of drug-likeness (QED) is 0.141. The molecule has 4 nitrogen and oxygen atoms in total. The molecule has 10 aromatic carbocycles. The van der Waals surface area contributed by atoms with E-state index in [4.69, 9.17) is 9.05 Å². The molecule has 0 fully saturated rings. The van der Waals surface area contributed by atoms with Gasteiger partial charge in [0.1, 0.15) is 11.5 Å². The fourth-order valence-corrected chi connectivity index (χ4v) is 11.1. The van der Waals surface area contributed by atoms with Crippen LogP contribution in [0.5, 0.6) is 11.5 Å². The Morgan fingerprint density at radius 3 is 1.74 bits per heavy atom. The van der Waals surface area contributed by atoms with Gasteiger partial charge in [0.25, 0.3) is 0 Å². The molecule has 5 heteroatoms. The fourth-order valence-electron chi connectivity index (χ4n) is 10.2. The van der Waals surface area contributed by atoms with Gasteiger partial charge in [-0.25, -0.2) is 4.57 Å². The van der Waals surface area contributed by atoms with Crippen LogP contribution in [0.3, 0.4) is 0 Å². The van der Waals surface area contributed by atoms with Crippen molar-refractivity contribution in [2.45, 2.75) is 12.8 Å². The summed E-state index contributed by atoms with van der Waals surface area (Å²) in [6.45, 7) is 0. The highest BCUT2D eigenvalue weighted by Gasteiger charge is 2.38. The van der Waals surface area contributed by atoms with Crippen LogP contribution in [-0.4, -0.2) is 4.89 Å². The molecule has 10 aromatic rings. The maximum absolute atomic E-state index is 14.6. The Kier molecular flexibility index (Phi) is 6.19. The summed E-state index contributed by atoms with van der Waals surface area (Å²) in [5.41, 5.74) is 9.98. The van der Waals surface area contributed by atoms with Crippen LogP contribution in [-0.2, 0) is 11.0 Å². The second kappa shape index (κ2) is 11.2. The second-order valence-electron chi connectivity index (χ2n) is 15.6. The molecule has 0 saturated carbocycles. The Hall–Kier alpha value is -6.71. The second-order valence-corrected chi connectivity index (χ2v) is 16.9. The van der Waals surface area contributed by atoms with E-state index in [-0.39, 0.29) is 0 Å². The summed E-state index contributed by atoms with van der Waals surface area (Å²) < 4.78 is 27.5. The topological polar surface area (TPSA) is 55.8 Å². The van der Waals surface area contributed by atoms with Crippen molar-refractivity contribution in [3.05, 3.63) is 168 Å². The zero-order valence-corrected chi connectivity index (χ0v) is 31.4. The first-order valence-electron chi connectivity index (χ1n) is 19.4. The summed E-state index contributed by atoms with van der Waals surface area (Å²) in [7, 11) is -4.77. The lowest BCUT2D eigenvalue weighted by Gasteiger charge is -2.25. The maximum Gasteiger partial charge on any atom is 0.584 e. The molecule has 13 rings (SSSR count). The van der Waals surface area contributed by atoms with E-state index < -0.39 is 7.82 Å². The van der Waals surface area contributed by atoms with Gasteiger partial charge in [0.2, 0.25) is 0 Å². The number of fused-ring (bicyclic) bond motifs is 7. The average molecular weight is 751 g/mol. The van der Waals surface area contributed by atoms with Crippen LogP contribution < -0.4 is 9.05 Å². The molecule has 2 aliphatic carbocycles. The molecule has 268 valence electrons. The first-order chi connectivity index (χ1) is 28.0. The highest BCUT2D eigenvalue weighted by Crippen LogP contribution is 2.62. The number of hydrogen-bond acceptors (Lipinski definition) is 3. The van der Waals surface area contributed by atoms with Gasteiger partial charge >= 0.3 is 7.82 Å². The number of phosphoric ester groups is 1. The largest absolute Gasteiger partial charge is 0.584 e. The van der Waals surface area contributed by atoms with Crippen LogP contribution in [0.1, 0.15) is 23.1 Å². The van der Waals surface area contributed by atoms with Gasteiger partial charge in [-0.1, -0.05) is 146 Å². The summed E-state index contributed by atoms with van der Waals surface area (Å²) >= 11 is 0. The van der Waals surface area contributed by atoms with Crippen molar-refractivity contribution in [3.63, 3.8) is 0 Å². The van der Waals surface area contributed by atoms with Crippen molar-refractivity contribution in [1.82, 2.24) is 0 Å². The van der Waals surface area contributed by atoms with Gasteiger partial charge in [-0.3, -0.25) is 4.89 Å². The normalized spacial score (nSPS) is 16.8. The zero-order valence-electron chi connectivity index (χ0n) is 30.5. The molecule has 1 N–H and O–H groups in total. The smallest absolute Gasteiger partial charge is 0.394 e. The number of allylic oxidation sites excluding steroid dienone is 3. The standard InChI is InChI=1S/C52H31O4P/c53-57(54)55-51-43(39-23-19-33-17-15-29-9-5-11-31-21-25-41(39)47(33)45(29)31)27-35-7-1-3-13-37(35)49(51)50-38-14-4-2-8-36(38)28-44(52(50)56-57)40-24-20-34-18-16-30-10-6-12-32-22-26-42(40)48(34)46(30)32/h1-9,11-17,19-28H,10,18H2,(H,53,54). The Balaban J connectivity index is 1.17. The molecule has 1 heterocycles. The van der Waals surface area contributed by atoms with E-state index in [9.17, 15) is 9.46 Å². The van der Waals surface area contributed by atoms with Crippen molar-refractivity contribution >= 4 is 84.1 Å². The predicted molar refractivity (Wildman–Crippen MR) is 235 cm³/mol. The molecule has 0 amide bonds. The molecule has 0 bridgehead atoms. The van der Waals surface area contributed by atoms with E-state index >= 15 is 0 Å². The summed E-state index contributed by atoms with van der Waals surface area (Å²) in [5, 5.41) is 13.1. The van der Waals surface area contributed by atoms with E-state index in [2.05, 4.69) is 133 Å². The van der Waals surface area contributed by atoms with Gasteiger partial charge in [-0.15, -0.1) is 0 Å². The molecule has 1 unspecified atom stereocenters. The molecule has 0 aromatic heterocycles. The Bertz CT molecular complexity index is 3560. The van der Waals surface area contributed by atoms with E-state index in [0.29, 0.717) is 11.5 Å². The SMILES string of the molecule is O=P1(O)Oc2c(-c3ccc4c5c6c(ccc35)C=CCC6=CC4)cc3ccccc3c2-c2c(c(-c3ccc4ccc5cccc6ccc3c4c56)cc3ccccc23)O1. The molecular formula is C52H31O4P. The van der Waals surface area contributed by atoms with E-state index in [0.717, 1.165) is 89.3 Å². The molecule has 0 radical (unpaired) electrons. The van der Waals surface area contributed by atoms with Gasteiger partial charge in [0.05, 0.1) is 0 Å². The Labute approximate surface area is 327 Å². The van der Waals surface area contributed by atoms with Crippen LogP contribution in [0.15, 0.2) is 152 Å². The highest BCUT2D eigenvalue weighted by molar-refractivity contribution is 7.48. The Morgan fingerprint density at radius 1 is 0.474 bits per heavy atom. The average Bonchev–Trinajstić information content (AvgIpc) is 3.37. The monoisotopic (exact) mass is 750 g/mol. The van der Waals surface area contributed by atoms with Gasteiger partial charge in [0.15, 0.2) is 0 Å². The summed E-state index contributed by atoms with van der Waals surface area (Å²) in [4.78, 5) is 11.9. The lowest BCUT2D eigenvalue weighted by Crippen LogP contribution is -2.04. The minimum absolute atomic E-state index is 0.334. The van der Waals surface area contributed by atoms with Crippen LogP contribution in [0.2, 0.25) is 0 Å². The molecule has 0 saturated heterocycles. The minimum Gasteiger partial charge on any atom is -0.394 e. The summed E-state index contributed by atoms with van der Waals surface area (Å²) in [5.74, 6) is 0.677. The minimum atomic E-state index is -4.77. The third-order valence-electron chi connectivity index (χ3n) is 12.6. The van der Waals surface area contributed by atoms with Crippen molar-refractivity contribution in [1.29, 1.82) is 0 Å². The number of benzene rings is 10. The lowest BCUT2D eigenvalue weighted by molar-refractivity contribution is 0.295. The third kappa shape index (κ3) is 4.34. The van der Waals surface area contributed by atoms with E-state index in [1.807, 2.05) is 24.3 Å². The molecule has 3 aliphatic rings. The zero-order chi connectivity index (χ0) is 37.6. The van der Waals surface area contributed by atoms with Crippen molar-refractivity contribution in [2.24, 2.45) is 0 Å². The fraction of sp³-hybridized carbons (Fsp3) is 0.0385. The Morgan fingerprint density at radius 2 is 1.04 bits per heavy atom. The maximum atomic E-state index is 14.6. The van der Waals surface area contributed by atoms with Crippen molar-refractivity contribution in [3.8, 4) is 44.9 Å². The van der Waals surface area contributed by atoms with Gasteiger partial charge in [0, 0.05) is 22.3 Å².